The minimum atomic E-state index is -2.57. The first-order valence-corrected chi connectivity index (χ1v) is 8.62. The molecule has 158 valence electrons. The monoisotopic (exact) mass is 402 g/mol. The molecule has 1 aromatic rings. The highest BCUT2D eigenvalue weighted by atomic mass is 16.4. The van der Waals surface area contributed by atoms with Crippen LogP contribution < -0.4 is 22.5 Å². The van der Waals surface area contributed by atoms with Crippen molar-refractivity contribution in [3.63, 3.8) is 0 Å². The minimum Gasteiger partial charge on any atom is -0.479 e. The number of aliphatic hydroxyl groups excluding tert-OH is 3. The molecule has 1 aromatic heterocycles. The van der Waals surface area contributed by atoms with E-state index in [9.17, 15) is 30.0 Å². The number of hydrogen-bond acceptors (Lipinski definition) is 11. The summed E-state index contributed by atoms with van der Waals surface area (Å²) in [5, 5.41) is 47.5. The SMILES string of the molecule is C[C@H](O)[C@H](N)c1nnc(C2(NC(=O)C(N)(CO)C(=O)O)CC(CC(N)O)C2)o1. The summed E-state index contributed by atoms with van der Waals surface area (Å²) in [5.74, 6) is -3.10. The van der Waals surface area contributed by atoms with Crippen LogP contribution in [0.25, 0.3) is 0 Å². The topological polar surface area (TPSA) is 244 Å². The molecule has 0 aromatic carbocycles. The average Bonchev–Trinajstić information content (AvgIpc) is 3.07. The number of carbonyl (C=O) groups is 2. The molecule has 11 N–H and O–H groups in total. The van der Waals surface area contributed by atoms with Crippen molar-refractivity contribution in [2.45, 2.75) is 55.6 Å². The van der Waals surface area contributed by atoms with E-state index in [1.54, 1.807) is 0 Å². The zero-order valence-corrected chi connectivity index (χ0v) is 15.3. The van der Waals surface area contributed by atoms with Crippen LogP contribution in [-0.4, -0.2) is 67.0 Å². The van der Waals surface area contributed by atoms with Gasteiger partial charge in [0.15, 0.2) is 0 Å². The minimum absolute atomic E-state index is 0.0552. The zero-order valence-electron chi connectivity index (χ0n) is 15.3. The van der Waals surface area contributed by atoms with Crippen LogP contribution in [0.1, 0.15) is 44.0 Å². The van der Waals surface area contributed by atoms with Gasteiger partial charge in [-0.05, 0) is 32.1 Å². The maximum Gasteiger partial charge on any atom is 0.335 e. The van der Waals surface area contributed by atoms with Crippen LogP contribution in [-0.2, 0) is 15.1 Å². The number of aliphatic carboxylic acids is 1. The number of nitrogens with zero attached hydrogens (tertiary/aromatic N) is 2. The molecule has 1 aliphatic rings. The smallest absolute Gasteiger partial charge is 0.335 e. The van der Waals surface area contributed by atoms with Crippen LogP contribution in [0.5, 0.6) is 0 Å². The number of nitrogens with one attached hydrogen (secondary N) is 1. The summed E-state index contributed by atoms with van der Waals surface area (Å²) in [7, 11) is 0. The molecule has 13 heteroatoms. The van der Waals surface area contributed by atoms with Gasteiger partial charge in [0.1, 0.15) is 17.8 Å². The summed E-state index contributed by atoms with van der Waals surface area (Å²) in [6.07, 6.45) is -1.39. The second-order valence-electron chi connectivity index (χ2n) is 7.26. The number of aliphatic hydroxyl groups is 3. The average molecular weight is 402 g/mol. The van der Waals surface area contributed by atoms with E-state index in [0.717, 1.165) is 0 Å². The van der Waals surface area contributed by atoms with Crippen molar-refractivity contribution in [2.75, 3.05) is 6.61 Å². The van der Waals surface area contributed by atoms with Crippen molar-refractivity contribution in [1.29, 1.82) is 0 Å². The Kier molecular flexibility index (Phi) is 6.37. The fourth-order valence-electron chi connectivity index (χ4n) is 3.10. The molecule has 2 unspecified atom stereocenters. The number of hydrogen-bond donors (Lipinski definition) is 8. The Bertz CT molecular complexity index is 717. The first-order chi connectivity index (χ1) is 12.9. The number of aromatic nitrogens is 2. The second kappa shape index (κ2) is 8.06. The maximum atomic E-state index is 12.5. The molecule has 0 spiro atoms. The summed E-state index contributed by atoms with van der Waals surface area (Å²) in [5.41, 5.74) is 12.8. The van der Waals surface area contributed by atoms with E-state index < -0.39 is 47.9 Å². The molecule has 1 saturated carbocycles. The number of rotatable bonds is 9. The van der Waals surface area contributed by atoms with Crippen molar-refractivity contribution in [3.8, 4) is 0 Å². The van der Waals surface area contributed by atoms with Crippen molar-refractivity contribution < 1.29 is 34.4 Å². The molecule has 28 heavy (non-hydrogen) atoms. The van der Waals surface area contributed by atoms with E-state index in [4.69, 9.17) is 21.6 Å². The molecule has 1 aliphatic carbocycles. The van der Waals surface area contributed by atoms with Crippen molar-refractivity contribution in [3.05, 3.63) is 11.8 Å². The van der Waals surface area contributed by atoms with Crippen LogP contribution in [0.15, 0.2) is 4.42 Å². The van der Waals surface area contributed by atoms with E-state index in [0.29, 0.717) is 0 Å². The number of nitrogens with two attached hydrogens (primary N) is 3. The lowest BCUT2D eigenvalue weighted by Gasteiger charge is -2.46. The van der Waals surface area contributed by atoms with E-state index in [-0.39, 0.29) is 37.0 Å². The Labute approximate surface area is 159 Å². The molecule has 1 heterocycles. The first-order valence-electron chi connectivity index (χ1n) is 8.62. The van der Waals surface area contributed by atoms with Gasteiger partial charge < -0.3 is 47.4 Å². The lowest BCUT2D eigenvalue weighted by molar-refractivity contribution is -0.152. The van der Waals surface area contributed by atoms with Crippen LogP contribution >= 0.6 is 0 Å². The highest BCUT2D eigenvalue weighted by Crippen LogP contribution is 2.47. The third-order valence-corrected chi connectivity index (χ3v) is 4.89. The predicted molar refractivity (Wildman–Crippen MR) is 91.9 cm³/mol. The van der Waals surface area contributed by atoms with Gasteiger partial charge in [0.25, 0.3) is 5.91 Å². The van der Waals surface area contributed by atoms with Gasteiger partial charge in [-0.25, -0.2) is 4.79 Å². The fraction of sp³-hybridized carbons (Fsp3) is 0.733. The molecule has 0 bridgehead atoms. The van der Waals surface area contributed by atoms with E-state index in [2.05, 4.69) is 15.5 Å². The molecule has 4 atom stereocenters. The number of amides is 1. The summed E-state index contributed by atoms with van der Waals surface area (Å²) in [4.78, 5) is 23.8. The van der Waals surface area contributed by atoms with E-state index in [1.807, 2.05) is 0 Å². The normalized spacial score (nSPS) is 27.2. The number of carboxylic acids is 1. The molecule has 2 rings (SSSR count). The van der Waals surface area contributed by atoms with Gasteiger partial charge in [0, 0.05) is 0 Å². The summed E-state index contributed by atoms with van der Waals surface area (Å²) in [6.45, 7) is 0.308. The van der Waals surface area contributed by atoms with Crippen LogP contribution in [0, 0.1) is 5.92 Å². The zero-order chi connectivity index (χ0) is 21.3. The Morgan fingerprint density at radius 1 is 1.36 bits per heavy atom. The van der Waals surface area contributed by atoms with Gasteiger partial charge in [0.05, 0.1) is 12.7 Å². The van der Waals surface area contributed by atoms with Crippen molar-refractivity contribution in [1.82, 2.24) is 15.5 Å². The molecular formula is C15H26N6O7. The number of carboxylic acid groups (broad SMARTS) is 1. The van der Waals surface area contributed by atoms with E-state index in [1.165, 1.54) is 6.92 Å². The third kappa shape index (κ3) is 4.14. The highest BCUT2D eigenvalue weighted by molar-refractivity contribution is 6.06. The Morgan fingerprint density at radius 3 is 2.43 bits per heavy atom. The van der Waals surface area contributed by atoms with Crippen molar-refractivity contribution >= 4 is 11.9 Å². The van der Waals surface area contributed by atoms with Gasteiger partial charge in [-0.2, -0.15) is 0 Å². The first kappa shape index (κ1) is 22.1. The van der Waals surface area contributed by atoms with Crippen molar-refractivity contribution in [2.24, 2.45) is 23.1 Å². The molecule has 1 amide bonds. The predicted octanol–water partition coefficient (Wildman–Crippen LogP) is -3.39. The molecule has 1 fully saturated rings. The molecule has 13 nitrogen and oxygen atoms in total. The molecule has 0 saturated heterocycles. The van der Waals surface area contributed by atoms with Gasteiger partial charge in [0.2, 0.25) is 17.3 Å². The quantitative estimate of drug-likeness (QED) is 0.149. The standard InChI is InChI=1S/C15H26N6O7/c1-6(23)9(17)10-20-21-12(28-10)14(3-7(4-14)2-8(16)24)19-11(25)15(18,5-22)13(26)27/h6-9,22-24H,2-5,16-18H2,1H3,(H,19,25)(H,26,27)/t6-,7?,8?,9-,14?,15?/m0/s1. The second-order valence-corrected chi connectivity index (χ2v) is 7.26. The van der Waals surface area contributed by atoms with Crippen LogP contribution in [0.3, 0.4) is 0 Å². The highest BCUT2D eigenvalue weighted by Gasteiger charge is 2.54. The largest absolute Gasteiger partial charge is 0.479 e. The Hall–Kier alpha value is -2.16. The number of carbonyl (C=O) groups excluding carboxylic acids is 1. The van der Waals surface area contributed by atoms with Gasteiger partial charge in [-0.15, -0.1) is 10.2 Å². The van der Waals surface area contributed by atoms with E-state index >= 15 is 0 Å². The van der Waals surface area contributed by atoms with Gasteiger partial charge in [-0.1, -0.05) is 0 Å². The maximum absolute atomic E-state index is 12.5. The summed E-state index contributed by atoms with van der Waals surface area (Å²) >= 11 is 0. The molecular weight excluding hydrogens is 376 g/mol. The summed E-state index contributed by atoms with van der Waals surface area (Å²) < 4.78 is 5.51. The lowest BCUT2D eigenvalue weighted by Crippen LogP contribution is -2.67. The third-order valence-electron chi connectivity index (χ3n) is 4.89. The van der Waals surface area contributed by atoms with Gasteiger partial charge >= 0.3 is 5.97 Å². The lowest BCUT2D eigenvalue weighted by atomic mass is 9.66. The fourth-order valence-corrected chi connectivity index (χ4v) is 3.10. The van der Waals surface area contributed by atoms with Crippen LogP contribution in [0.2, 0.25) is 0 Å². The Balaban J connectivity index is 2.30. The van der Waals surface area contributed by atoms with Gasteiger partial charge in [-0.3, -0.25) is 4.79 Å². The molecule has 0 radical (unpaired) electrons. The summed E-state index contributed by atoms with van der Waals surface area (Å²) in [6, 6.07) is -0.958. The Morgan fingerprint density at radius 2 is 1.96 bits per heavy atom. The molecule has 0 aliphatic heterocycles. The van der Waals surface area contributed by atoms with Crippen LogP contribution in [0.4, 0.5) is 0 Å².